The van der Waals surface area contributed by atoms with E-state index in [0.717, 1.165) is 0 Å². The third kappa shape index (κ3) is 3.03. The van der Waals surface area contributed by atoms with Crippen molar-refractivity contribution in [3.63, 3.8) is 0 Å². The molecule has 1 heterocycles. The molecule has 1 amide bonds. The Bertz CT molecular complexity index is 488. The molecule has 1 aliphatic rings. The maximum atomic E-state index is 12.0. The van der Waals surface area contributed by atoms with Gasteiger partial charge >= 0.3 is 5.97 Å². The van der Waals surface area contributed by atoms with Crippen LogP contribution in [-0.2, 0) is 14.3 Å². The van der Waals surface area contributed by atoms with Crippen molar-refractivity contribution in [2.24, 2.45) is 0 Å². The lowest BCUT2D eigenvalue weighted by atomic mass is 10.2. The molecule has 1 aliphatic heterocycles. The molecule has 0 spiro atoms. The van der Waals surface area contributed by atoms with Crippen LogP contribution >= 0.6 is 0 Å². The summed E-state index contributed by atoms with van der Waals surface area (Å²) in [6.07, 6.45) is -0.878. The number of carbonyl (C=O) groups excluding carboxylic acids is 1. The summed E-state index contributed by atoms with van der Waals surface area (Å²) in [5.74, 6) is -0.843. The number of carboxylic acid groups (broad SMARTS) is 1. The number of methoxy groups -OCH3 is 1. The zero-order chi connectivity index (χ0) is 13.8. The van der Waals surface area contributed by atoms with Gasteiger partial charge in [0.25, 0.3) is 5.91 Å². The van der Waals surface area contributed by atoms with Crippen molar-refractivity contribution in [1.29, 1.82) is 0 Å². The van der Waals surface area contributed by atoms with Crippen LogP contribution in [-0.4, -0.2) is 36.3 Å². The zero-order valence-electron chi connectivity index (χ0n) is 10.5. The van der Waals surface area contributed by atoms with Crippen molar-refractivity contribution < 1.29 is 24.2 Å². The highest BCUT2D eigenvalue weighted by atomic mass is 16.5. The smallest absolute Gasteiger partial charge is 0.332 e. The number of benzene rings is 1. The van der Waals surface area contributed by atoms with Crippen molar-refractivity contribution in [1.82, 2.24) is 0 Å². The van der Waals surface area contributed by atoms with E-state index in [0.29, 0.717) is 24.3 Å². The third-order valence-electron chi connectivity index (χ3n) is 2.95. The van der Waals surface area contributed by atoms with Gasteiger partial charge in [-0.25, -0.2) is 4.79 Å². The van der Waals surface area contributed by atoms with Crippen molar-refractivity contribution >= 4 is 17.6 Å². The van der Waals surface area contributed by atoms with Crippen molar-refractivity contribution in [2.45, 2.75) is 25.0 Å². The predicted octanol–water partition coefficient (Wildman–Crippen LogP) is 1.27. The first kappa shape index (κ1) is 13.4. The van der Waals surface area contributed by atoms with E-state index in [9.17, 15) is 9.59 Å². The lowest BCUT2D eigenvalue weighted by Gasteiger charge is -2.13. The molecule has 19 heavy (non-hydrogen) atoms. The quantitative estimate of drug-likeness (QED) is 0.856. The van der Waals surface area contributed by atoms with Crippen molar-refractivity contribution in [3.8, 4) is 5.75 Å². The number of ether oxygens (including phenoxy) is 2. The van der Waals surface area contributed by atoms with E-state index >= 15 is 0 Å². The number of hydrogen-bond donors (Lipinski definition) is 2. The maximum absolute atomic E-state index is 12.0. The van der Waals surface area contributed by atoms with Crippen LogP contribution < -0.4 is 10.1 Å². The number of anilines is 1. The molecule has 2 N–H and O–H groups in total. The highest BCUT2D eigenvalue weighted by molar-refractivity contribution is 5.96. The fourth-order valence-corrected chi connectivity index (χ4v) is 1.97. The summed E-state index contributed by atoms with van der Waals surface area (Å²) in [7, 11) is 1.51. The number of carboxylic acids is 1. The van der Waals surface area contributed by atoms with Gasteiger partial charge in [-0.05, 0) is 25.0 Å². The summed E-state index contributed by atoms with van der Waals surface area (Å²) in [5, 5.41) is 11.5. The van der Waals surface area contributed by atoms with Gasteiger partial charge in [0.2, 0.25) is 0 Å². The molecule has 0 aliphatic carbocycles. The van der Waals surface area contributed by atoms with Crippen LogP contribution in [0, 0.1) is 0 Å². The largest absolute Gasteiger partial charge is 0.495 e. The molecule has 0 radical (unpaired) electrons. The average molecular weight is 265 g/mol. The highest BCUT2D eigenvalue weighted by Crippen LogP contribution is 2.25. The van der Waals surface area contributed by atoms with Crippen molar-refractivity contribution in [3.05, 3.63) is 24.3 Å². The van der Waals surface area contributed by atoms with Crippen LogP contribution in [0.25, 0.3) is 0 Å². The van der Waals surface area contributed by atoms with Gasteiger partial charge in [0.1, 0.15) is 11.9 Å². The van der Waals surface area contributed by atoms with E-state index in [4.69, 9.17) is 14.6 Å². The van der Waals surface area contributed by atoms with E-state index in [1.165, 1.54) is 7.11 Å². The molecule has 1 aromatic carbocycles. The van der Waals surface area contributed by atoms with Gasteiger partial charge in [-0.15, -0.1) is 0 Å². The third-order valence-corrected chi connectivity index (χ3v) is 2.95. The molecule has 6 nitrogen and oxygen atoms in total. The Hall–Kier alpha value is -2.08. The second kappa shape index (κ2) is 5.71. The number of amides is 1. The lowest BCUT2D eigenvalue weighted by molar-refractivity contribution is -0.150. The Kier molecular flexibility index (Phi) is 4.01. The van der Waals surface area contributed by atoms with Crippen LogP contribution in [0.2, 0.25) is 0 Å². The van der Waals surface area contributed by atoms with Gasteiger partial charge in [0.15, 0.2) is 6.10 Å². The Balaban J connectivity index is 2.00. The minimum Gasteiger partial charge on any atom is -0.495 e. The summed E-state index contributed by atoms with van der Waals surface area (Å²) in [6, 6.07) is 7.00. The summed E-state index contributed by atoms with van der Waals surface area (Å²) in [6.45, 7) is 0. The van der Waals surface area contributed by atoms with E-state index < -0.39 is 18.2 Å². The molecule has 1 aromatic rings. The van der Waals surface area contributed by atoms with Crippen LogP contribution in [0.5, 0.6) is 5.75 Å². The first-order valence-corrected chi connectivity index (χ1v) is 5.94. The SMILES string of the molecule is COc1ccccc1NC(=O)C1CCC(C(=O)O)O1. The number of rotatable bonds is 4. The van der Waals surface area contributed by atoms with Gasteiger partial charge in [-0.1, -0.05) is 12.1 Å². The molecule has 102 valence electrons. The second-order valence-electron chi connectivity index (χ2n) is 4.22. The van der Waals surface area contributed by atoms with E-state index in [2.05, 4.69) is 5.32 Å². The first-order valence-electron chi connectivity index (χ1n) is 5.94. The number of nitrogens with one attached hydrogen (secondary N) is 1. The molecule has 0 aromatic heterocycles. The maximum Gasteiger partial charge on any atom is 0.332 e. The van der Waals surface area contributed by atoms with Gasteiger partial charge in [0, 0.05) is 0 Å². The first-order chi connectivity index (χ1) is 9.11. The Morgan fingerprint density at radius 1 is 1.32 bits per heavy atom. The number of aliphatic carboxylic acids is 1. The van der Waals surface area contributed by atoms with Gasteiger partial charge < -0.3 is 19.9 Å². The second-order valence-corrected chi connectivity index (χ2v) is 4.22. The topological polar surface area (TPSA) is 84.9 Å². The summed E-state index contributed by atoms with van der Waals surface area (Å²) >= 11 is 0. The molecule has 6 heteroatoms. The predicted molar refractivity (Wildman–Crippen MR) is 67.2 cm³/mol. The fourth-order valence-electron chi connectivity index (χ4n) is 1.97. The minimum atomic E-state index is -1.03. The molecular weight excluding hydrogens is 250 g/mol. The number of hydrogen-bond acceptors (Lipinski definition) is 4. The molecule has 0 saturated carbocycles. The van der Waals surface area contributed by atoms with Crippen LogP contribution in [0.3, 0.4) is 0 Å². The van der Waals surface area contributed by atoms with Gasteiger partial charge in [0.05, 0.1) is 12.8 Å². The Morgan fingerprint density at radius 3 is 2.63 bits per heavy atom. The molecular formula is C13H15NO5. The highest BCUT2D eigenvalue weighted by Gasteiger charge is 2.34. The summed E-state index contributed by atoms with van der Waals surface area (Å²) in [4.78, 5) is 22.7. The van der Waals surface area contributed by atoms with E-state index in [1.807, 2.05) is 0 Å². The normalized spacial score (nSPS) is 21.9. The molecule has 2 unspecified atom stereocenters. The van der Waals surface area contributed by atoms with Crippen molar-refractivity contribution in [2.75, 3.05) is 12.4 Å². The molecule has 2 rings (SSSR count). The van der Waals surface area contributed by atoms with E-state index in [1.54, 1.807) is 24.3 Å². The van der Waals surface area contributed by atoms with Crippen LogP contribution in [0.4, 0.5) is 5.69 Å². The number of carbonyl (C=O) groups is 2. The number of para-hydroxylation sites is 2. The van der Waals surface area contributed by atoms with Crippen LogP contribution in [0.1, 0.15) is 12.8 Å². The van der Waals surface area contributed by atoms with Crippen LogP contribution in [0.15, 0.2) is 24.3 Å². The average Bonchev–Trinajstić information content (AvgIpc) is 2.89. The Labute approximate surface area is 110 Å². The Morgan fingerprint density at radius 2 is 2.00 bits per heavy atom. The van der Waals surface area contributed by atoms with E-state index in [-0.39, 0.29) is 5.91 Å². The minimum absolute atomic E-state index is 0.347. The zero-order valence-corrected chi connectivity index (χ0v) is 10.5. The van der Waals surface area contributed by atoms with Gasteiger partial charge in [-0.2, -0.15) is 0 Å². The molecule has 0 bridgehead atoms. The summed E-state index contributed by atoms with van der Waals surface area (Å²) < 4.78 is 10.3. The molecule has 1 fully saturated rings. The summed E-state index contributed by atoms with van der Waals surface area (Å²) in [5.41, 5.74) is 0.539. The van der Waals surface area contributed by atoms with Gasteiger partial charge in [-0.3, -0.25) is 4.79 Å². The standard InChI is InChI=1S/C13H15NO5/c1-18-9-5-3-2-4-8(9)14-12(15)10-6-7-11(19-10)13(16)17/h2-5,10-11H,6-7H2,1H3,(H,14,15)(H,16,17). The lowest BCUT2D eigenvalue weighted by Crippen LogP contribution is -2.30. The fraction of sp³-hybridized carbons (Fsp3) is 0.385. The molecule has 2 atom stereocenters. The molecule has 1 saturated heterocycles. The monoisotopic (exact) mass is 265 g/mol.